The molecule has 0 bridgehead atoms. The summed E-state index contributed by atoms with van der Waals surface area (Å²) in [7, 11) is 1.30. The molecule has 6 heteroatoms. The Kier molecular flexibility index (Phi) is 3.50. The molecule has 0 amide bonds. The molecule has 0 aromatic heterocycles. The number of rotatable bonds is 3. The maximum atomic E-state index is 13.5. The normalized spacial score (nSPS) is 10.3. The Hall–Kier alpha value is -2.37. The van der Waals surface area contributed by atoms with Gasteiger partial charge in [0.2, 0.25) is 0 Å². The molecule has 0 aliphatic heterocycles. The lowest BCUT2D eigenvalue weighted by molar-refractivity contribution is 0.387. The molecule has 0 atom stereocenters. The molecular formula is C13H11F3N2O. The lowest BCUT2D eigenvalue weighted by Gasteiger charge is -2.12. The standard InChI is InChI=1S/C13H11F3N2O/c1-19-13-6-12(10(17)5-9(13)16)18-11-3-2-7(14)4-8(11)15/h2-6,18H,17H2,1H3. The first kappa shape index (κ1) is 13.1. The number of nitrogens with one attached hydrogen (secondary N) is 1. The van der Waals surface area contributed by atoms with Crippen molar-refractivity contribution in [3.8, 4) is 5.75 Å². The summed E-state index contributed by atoms with van der Waals surface area (Å²) in [5.74, 6) is -2.11. The fraction of sp³-hybridized carbons (Fsp3) is 0.0769. The topological polar surface area (TPSA) is 47.3 Å². The van der Waals surface area contributed by atoms with Crippen LogP contribution in [0.25, 0.3) is 0 Å². The van der Waals surface area contributed by atoms with Gasteiger partial charge in [0.05, 0.1) is 24.2 Å². The molecular weight excluding hydrogens is 257 g/mol. The fourth-order valence-corrected chi connectivity index (χ4v) is 1.57. The highest BCUT2D eigenvalue weighted by Gasteiger charge is 2.10. The molecule has 19 heavy (non-hydrogen) atoms. The number of ether oxygens (including phenoxy) is 1. The molecule has 2 aromatic rings. The number of hydrogen-bond donors (Lipinski definition) is 2. The van der Waals surface area contributed by atoms with Crippen molar-refractivity contribution in [2.75, 3.05) is 18.2 Å². The summed E-state index contributed by atoms with van der Waals surface area (Å²) < 4.78 is 44.4. The Morgan fingerprint density at radius 1 is 1.00 bits per heavy atom. The molecule has 2 rings (SSSR count). The highest BCUT2D eigenvalue weighted by atomic mass is 19.1. The number of nitrogen functional groups attached to an aromatic ring is 1. The predicted molar refractivity (Wildman–Crippen MR) is 67.0 cm³/mol. The van der Waals surface area contributed by atoms with Crippen molar-refractivity contribution in [2.45, 2.75) is 0 Å². The van der Waals surface area contributed by atoms with Crippen molar-refractivity contribution in [1.29, 1.82) is 0 Å². The van der Waals surface area contributed by atoms with E-state index in [1.54, 1.807) is 0 Å². The Labute approximate surface area is 107 Å². The van der Waals surface area contributed by atoms with E-state index in [0.29, 0.717) is 0 Å². The van der Waals surface area contributed by atoms with Gasteiger partial charge in [0.1, 0.15) is 11.6 Å². The molecule has 0 aliphatic carbocycles. The number of hydrogen-bond acceptors (Lipinski definition) is 3. The molecule has 3 nitrogen and oxygen atoms in total. The zero-order valence-corrected chi connectivity index (χ0v) is 10.0. The second-order valence-electron chi connectivity index (χ2n) is 3.82. The molecule has 100 valence electrons. The van der Waals surface area contributed by atoms with Gasteiger partial charge in [-0.25, -0.2) is 13.2 Å². The van der Waals surface area contributed by atoms with Crippen molar-refractivity contribution < 1.29 is 17.9 Å². The van der Waals surface area contributed by atoms with E-state index >= 15 is 0 Å². The van der Waals surface area contributed by atoms with Crippen molar-refractivity contribution in [1.82, 2.24) is 0 Å². The number of benzene rings is 2. The lowest BCUT2D eigenvalue weighted by atomic mass is 10.2. The Morgan fingerprint density at radius 2 is 1.74 bits per heavy atom. The third-order valence-electron chi connectivity index (χ3n) is 2.52. The van der Waals surface area contributed by atoms with Crippen LogP contribution in [-0.4, -0.2) is 7.11 Å². The van der Waals surface area contributed by atoms with Crippen molar-refractivity contribution >= 4 is 17.1 Å². The summed E-state index contributed by atoms with van der Waals surface area (Å²) in [5.41, 5.74) is 6.00. The smallest absolute Gasteiger partial charge is 0.167 e. The first-order chi connectivity index (χ1) is 9.01. The van der Waals surface area contributed by atoms with Crippen LogP contribution in [0.1, 0.15) is 0 Å². The van der Waals surface area contributed by atoms with Gasteiger partial charge in [0.15, 0.2) is 11.6 Å². The van der Waals surface area contributed by atoms with Gasteiger partial charge < -0.3 is 15.8 Å². The van der Waals surface area contributed by atoms with E-state index in [1.165, 1.54) is 19.2 Å². The number of methoxy groups -OCH3 is 1. The molecule has 0 aliphatic rings. The minimum absolute atomic E-state index is 0.0285. The summed E-state index contributed by atoms with van der Waals surface area (Å²) in [5, 5.41) is 2.66. The third-order valence-corrected chi connectivity index (χ3v) is 2.52. The SMILES string of the molecule is COc1cc(Nc2ccc(F)cc2F)c(N)cc1F. The van der Waals surface area contributed by atoms with Gasteiger partial charge in [-0.3, -0.25) is 0 Å². The first-order valence-corrected chi connectivity index (χ1v) is 5.36. The van der Waals surface area contributed by atoms with E-state index in [-0.39, 0.29) is 22.8 Å². The maximum Gasteiger partial charge on any atom is 0.167 e. The maximum absolute atomic E-state index is 13.5. The summed E-state index contributed by atoms with van der Waals surface area (Å²) in [4.78, 5) is 0. The minimum Gasteiger partial charge on any atom is -0.494 e. The molecule has 0 fully saturated rings. The van der Waals surface area contributed by atoms with Crippen LogP contribution in [0.4, 0.5) is 30.2 Å². The molecule has 0 saturated heterocycles. The van der Waals surface area contributed by atoms with Crippen LogP contribution in [0.15, 0.2) is 30.3 Å². The zero-order valence-electron chi connectivity index (χ0n) is 10.0. The summed E-state index contributed by atoms with van der Waals surface area (Å²) in [6, 6.07) is 5.41. The van der Waals surface area contributed by atoms with Crippen LogP contribution in [0.3, 0.4) is 0 Å². The largest absolute Gasteiger partial charge is 0.494 e. The fourth-order valence-electron chi connectivity index (χ4n) is 1.57. The van der Waals surface area contributed by atoms with Crippen LogP contribution in [0, 0.1) is 17.5 Å². The summed E-state index contributed by atoms with van der Waals surface area (Å²) in [6.45, 7) is 0. The van der Waals surface area contributed by atoms with Gasteiger partial charge in [-0.05, 0) is 12.1 Å². The Balaban J connectivity index is 2.37. The number of halogens is 3. The second kappa shape index (κ2) is 5.09. The van der Waals surface area contributed by atoms with Gasteiger partial charge in [-0.1, -0.05) is 0 Å². The Morgan fingerprint density at radius 3 is 2.37 bits per heavy atom. The van der Waals surface area contributed by atoms with E-state index in [1.807, 2.05) is 0 Å². The molecule has 3 N–H and O–H groups in total. The van der Waals surface area contributed by atoms with Crippen LogP contribution in [-0.2, 0) is 0 Å². The summed E-state index contributed by atoms with van der Waals surface area (Å²) >= 11 is 0. The highest BCUT2D eigenvalue weighted by molar-refractivity contribution is 5.74. The molecule has 0 saturated carbocycles. The van der Waals surface area contributed by atoms with Gasteiger partial charge in [0.25, 0.3) is 0 Å². The van der Waals surface area contributed by atoms with Gasteiger partial charge in [-0.2, -0.15) is 0 Å². The quantitative estimate of drug-likeness (QED) is 0.838. The zero-order chi connectivity index (χ0) is 14.0. The van der Waals surface area contributed by atoms with Crippen molar-refractivity contribution in [3.05, 3.63) is 47.8 Å². The molecule has 2 aromatic carbocycles. The third kappa shape index (κ3) is 2.73. The average molecular weight is 268 g/mol. The minimum atomic E-state index is -0.775. The first-order valence-electron chi connectivity index (χ1n) is 5.36. The van der Waals surface area contributed by atoms with E-state index in [0.717, 1.165) is 18.2 Å². The van der Waals surface area contributed by atoms with Gasteiger partial charge >= 0.3 is 0 Å². The molecule has 0 spiro atoms. The van der Waals surface area contributed by atoms with Gasteiger partial charge in [0, 0.05) is 18.2 Å². The number of nitrogens with two attached hydrogens (primary N) is 1. The van der Waals surface area contributed by atoms with Crippen LogP contribution in [0.2, 0.25) is 0 Å². The number of anilines is 3. The molecule has 0 radical (unpaired) electrons. The van der Waals surface area contributed by atoms with Crippen LogP contribution in [0.5, 0.6) is 5.75 Å². The van der Waals surface area contributed by atoms with Crippen molar-refractivity contribution in [3.63, 3.8) is 0 Å². The predicted octanol–water partition coefficient (Wildman–Crippen LogP) is 3.44. The van der Waals surface area contributed by atoms with Crippen molar-refractivity contribution in [2.24, 2.45) is 0 Å². The van der Waals surface area contributed by atoms with E-state index < -0.39 is 17.5 Å². The Bertz CT molecular complexity index is 617. The second-order valence-corrected chi connectivity index (χ2v) is 3.82. The van der Waals surface area contributed by atoms with Crippen LogP contribution >= 0.6 is 0 Å². The molecule has 0 unspecified atom stereocenters. The molecule has 0 heterocycles. The monoisotopic (exact) mass is 268 g/mol. The summed E-state index contributed by atoms with van der Waals surface area (Å²) in [6.07, 6.45) is 0. The van der Waals surface area contributed by atoms with E-state index in [2.05, 4.69) is 5.32 Å². The lowest BCUT2D eigenvalue weighted by Crippen LogP contribution is -2.01. The van der Waals surface area contributed by atoms with E-state index in [9.17, 15) is 13.2 Å². The highest BCUT2D eigenvalue weighted by Crippen LogP contribution is 2.31. The van der Waals surface area contributed by atoms with Crippen LogP contribution < -0.4 is 15.8 Å². The van der Waals surface area contributed by atoms with E-state index in [4.69, 9.17) is 10.5 Å². The van der Waals surface area contributed by atoms with Gasteiger partial charge in [-0.15, -0.1) is 0 Å². The average Bonchev–Trinajstić information content (AvgIpc) is 2.35.